The van der Waals surface area contributed by atoms with Crippen LogP contribution in [0.3, 0.4) is 0 Å². The highest BCUT2D eigenvalue weighted by Crippen LogP contribution is 2.29. The molecule has 0 spiro atoms. The van der Waals surface area contributed by atoms with E-state index in [0.29, 0.717) is 5.56 Å². The van der Waals surface area contributed by atoms with E-state index < -0.39 is 19.9 Å². The molecule has 0 aliphatic rings. The number of halogens is 1. The molecule has 2 aromatic rings. The molecule has 0 saturated carbocycles. The maximum Gasteiger partial charge on any atom is 0.273 e. The summed E-state index contributed by atoms with van der Waals surface area (Å²) in [5.74, 6) is 0. The number of non-ortho nitro benzene ring substituents is 1. The molecule has 0 aliphatic carbocycles. The van der Waals surface area contributed by atoms with Crippen molar-refractivity contribution in [1.82, 2.24) is 0 Å². The average Bonchev–Trinajstić information content (AvgIpc) is 2.48. The minimum absolute atomic E-state index is 0.0782. The number of nitro groups is 2. The van der Waals surface area contributed by atoms with Crippen molar-refractivity contribution >= 4 is 38.7 Å². The Morgan fingerprint density at radius 2 is 1.71 bits per heavy atom. The summed E-state index contributed by atoms with van der Waals surface area (Å²) in [5.41, 5.74) is -0.403. The van der Waals surface area contributed by atoms with E-state index in [1.807, 2.05) is 0 Å². The van der Waals surface area contributed by atoms with E-state index in [4.69, 9.17) is 11.6 Å². The number of hydrogen-bond acceptors (Lipinski definition) is 6. The number of nitro benzene ring substituents is 2. The molecule has 0 bridgehead atoms. The zero-order valence-electron chi connectivity index (χ0n) is 12.1. The first-order valence-electron chi connectivity index (χ1n) is 6.33. The minimum atomic E-state index is -4.15. The number of hydrogen-bond donors (Lipinski definition) is 1. The first-order chi connectivity index (χ1) is 11.1. The third kappa shape index (κ3) is 3.60. The first kappa shape index (κ1) is 17.6. The van der Waals surface area contributed by atoms with Crippen molar-refractivity contribution in [2.24, 2.45) is 0 Å². The lowest BCUT2D eigenvalue weighted by atomic mass is 10.2. The Hall–Kier alpha value is -2.72. The lowest BCUT2D eigenvalue weighted by molar-refractivity contribution is -0.385. The summed E-state index contributed by atoms with van der Waals surface area (Å²) < 4.78 is 26.8. The molecular weight excluding hydrogens is 362 g/mol. The highest BCUT2D eigenvalue weighted by atomic mass is 35.5. The van der Waals surface area contributed by atoms with Crippen molar-refractivity contribution in [1.29, 1.82) is 0 Å². The third-order valence-electron chi connectivity index (χ3n) is 3.10. The van der Waals surface area contributed by atoms with Gasteiger partial charge in [0, 0.05) is 23.8 Å². The van der Waals surface area contributed by atoms with Gasteiger partial charge in [-0.3, -0.25) is 25.0 Å². The molecule has 2 rings (SSSR count). The minimum Gasteiger partial charge on any atom is -0.278 e. The van der Waals surface area contributed by atoms with Crippen LogP contribution >= 0.6 is 11.6 Å². The number of aryl methyl sites for hydroxylation is 1. The Labute approximate surface area is 141 Å². The van der Waals surface area contributed by atoms with Gasteiger partial charge in [-0.2, -0.15) is 0 Å². The van der Waals surface area contributed by atoms with Gasteiger partial charge >= 0.3 is 0 Å². The second-order valence-corrected chi connectivity index (χ2v) is 6.82. The standard InChI is InChI=1S/C13H10ClN3O6S/c1-8-2-4-10(7-13(8)17(20)21)24(22,23)15-12-5-3-9(16(18)19)6-11(12)14/h2-7,15H,1H3. The summed E-state index contributed by atoms with van der Waals surface area (Å²) in [6.45, 7) is 1.48. The van der Waals surface area contributed by atoms with Crippen LogP contribution in [0.5, 0.6) is 0 Å². The molecule has 0 saturated heterocycles. The normalized spacial score (nSPS) is 11.1. The SMILES string of the molecule is Cc1ccc(S(=O)(=O)Nc2ccc([N+](=O)[O-])cc2Cl)cc1[N+](=O)[O-]. The van der Waals surface area contributed by atoms with Gasteiger partial charge in [-0.05, 0) is 19.1 Å². The van der Waals surface area contributed by atoms with Gasteiger partial charge in [0.05, 0.1) is 25.5 Å². The summed E-state index contributed by atoms with van der Waals surface area (Å²) in [4.78, 5) is 19.9. The molecule has 0 fully saturated rings. The third-order valence-corrected chi connectivity index (χ3v) is 4.77. The Balaban J connectivity index is 2.41. The molecule has 0 aromatic heterocycles. The van der Waals surface area contributed by atoms with E-state index in [9.17, 15) is 28.6 Å². The Morgan fingerprint density at radius 1 is 1.04 bits per heavy atom. The second kappa shape index (κ2) is 6.42. The molecule has 126 valence electrons. The van der Waals surface area contributed by atoms with Crippen LogP contribution in [-0.2, 0) is 10.0 Å². The van der Waals surface area contributed by atoms with Gasteiger partial charge in [0.25, 0.3) is 21.4 Å². The summed E-state index contributed by atoms with van der Waals surface area (Å²) in [6, 6.07) is 6.67. The zero-order valence-corrected chi connectivity index (χ0v) is 13.7. The summed E-state index contributed by atoms with van der Waals surface area (Å²) in [7, 11) is -4.15. The lowest BCUT2D eigenvalue weighted by Gasteiger charge is -2.10. The fourth-order valence-corrected chi connectivity index (χ4v) is 3.23. The van der Waals surface area contributed by atoms with Crippen molar-refractivity contribution in [3.8, 4) is 0 Å². The topological polar surface area (TPSA) is 132 Å². The molecule has 11 heteroatoms. The van der Waals surface area contributed by atoms with E-state index in [1.165, 1.54) is 19.1 Å². The zero-order chi connectivity index (χ0) is 18.1. The quantitative estimate of drug-likeness (QED) is 0.633. The van der Waals surface area contributed by atoms with E-state index in [0.717, 1.165) is 24.3 Å². The van der Waals surface area contributed by atoms with Gasteiger partial charge in [-0.25, -0.2) is 8.42 Å². The van der Waals surface area contributed by atoms with Gasteiger partial charge in [0.2, 0.25) is 0 Å². The molecule has 0 amide bonds. The molecule has 9 nitrogen and oxygen atoms in total. The predicted molar refractivity (Wildman–Crippen MR) is 86.7 cm³/mol. The number of sulfonamides is 1. The summed E-state index contributed by atoms with van der Waals surface area (Å²) in [6.07, 6.45) is 0. The maximum atomic E-state index is 12.3. The summed E-state index contributed by atoms with van der Waals surface area (Å²) >= 11 is 5.83. The summed E-state index contributed by atoms with van der Waals surface area (Å²) in [5, 5.41) is 21.4. The number of benzene rings is 2. The molecule has 0 aliphatic heterocycles. The molecule has 0 atom stereocenters. The smallest absolute Gasteiger partial charge is 0.273 e. The first-order valence-corrected chi connectivity index (χ1v) is 8.20. The van der Waals surface area contributed by atoms with Crippen LogP contribution in [0.25, 0.3) is 0 Å². The van der Waals surface area contributed by atoms with Crippen molar-refractivity contribution in [2.75, 3.05) is 4.72 Å². The van der Waals surface area contributed by atoms with Crippen molar-refractivity contribution in [3.05, 3.63) is 67.2 Å². The largest absolute Gasteiger partial charge is 0.278 e. The van der Waals surface area contributed by atoms with Crippen LogP contribution in [0.1, 0.15) is 5.56 Å². The molecule has 24 heavy (non-hydrogen) atoms. The van der Waals surface area contributed by atoms with Crippen LogP contribution in [0.4, 0.5) is 17.1 Å². The van der Waals surface area contributed by atoms with E-state index >= 15 is 0 Å². The van der Waals surface area contributed by atoms with Crippen molar-refractivity contribution in [3.63, 3.8) is 0 Å². The van der Waals surface area contributed by atoms with Crippen LogP contribution in [-0.4, -0.2) is 18.3 Å². The molecule has 0 radical (unpaired) electrons. The number of rotatable bonds is 5. The highest BCUT2D eigenvalue weighted by molar-refractivity contribution is 7.92. The van der Waals surface area contributed by atoms with E-state index in [2.05, 4.69) is 4.72 Å². The van der Waals surface area contributed by atoms with Gasteiger partial charge in [-0.15, -0.1) is 0 Å². The van der Waals surface area contributed by atoms with E-state index in [1.54, 1.807) is 0 Å². The average molecular weight is 372 g/mol. The van der Waals surface area contributed by atoms with Crippen molar-refractivity contribution in [2.45, 2.75) is 11.8 Å². The molecular formula is C13H10ClN3O6S. The number of nitrogens with one attached hydrogen (secondary N) is 1. The highest BCUT2D eigenvalue weighted by Gasteiger charge is 2.21. The lowest BCUT2D eigenvalue weighted by Crippen LogP contribution is -2.13. The predicted octanol–water partition coefficient (Wildman–Crippen LogP) is 3.27. The van der Waals surface area contributed by atoms with Crippen LogP contribution < -0.4 is 4.72 Å². The van der Waals surface area contributed by atoms with Crippen LogP contribution in [0.15, 0.2) is 41.3 Å². The fraction of sp³-hybridized carbons (Fsp3) is 0.0769. The second-order valence-electron chi connectivity index (χ2n) is 4.73. The van der Waals surface area contributed by atoms with Crippen LogP contribution in [0.2, 0.25) is 5.02 Å². The fourth-order valence-electron chi connectivity index (χ4n) is 1.86. The molecule has 2 aromatic carbocycles. The van der Waals surface area contributed by atoms with Gasteiger partial charge in [-0.1, -0.05) is 17.7 Å². The van der Waals surface area contributed by atoms with Crippen molar-refractivity contribution < 1.29 is 18.3 Å². The number of anilines is 1. The van der Waals surface area contributed by atoms with Gasteiger partial charge in [0.1, 0.15) is 0 Å². The van der Waals surface area contributed by atoms with Crippen LogP contribution in [0, 0.1) is 27.2 Å². The maximum absolute atomic E-state index is 12.3. The molecule has 1 N–H and O–H groups in total. The Morgan fingerprint density at radius 3 is 2.25 bits per heavy atom. The molecule has 0 heterocycles. The van der Waals surface area contributed by atoms with E-state index in [-0.39, 0.29) is 27.0 Å². The molecule has 0 unspecified atom stereocenters. The van der Waals surface area contributed by atoms with Gasteiger partial charge in [0.15, 0.2) is 0 Å². The Kier molecular flexibility index (Phi) is 4.71. The van der Waals surface area contributed by atoms with Gasteiger partial charge < -0.3 is 0 Å². The number of nitrogens with zero attached hydrogens (tertiary/aromatic N) is 2. The Bertz CT molecular complexity index is 945. The monoisotopic (exact) mass is 371 g/mol.